The van der Waals surface area contributed by atoms with E-state index in [1.165, 1.54) is 51.0 Å². The number of benzene rings is 1. The summed E-state index contributed by atoms with van der Waals surface area (Å²) in [5.41, 5.74) is 3.08. The summed E-state index contributed by atoms with van der Waals surface area (Å²) >= 11 is 5.46. The van der Waals surface area contributed by atoms with Crippen LogP contribution in [-0.2, 0) is 19.5 Å². The van der Waals surface area contributed by atoms with E-state index in [-0.39, 0.29) is 0 Å². The van der Waals surface area contributed by atoms with Crippen molar-refractivity contribution < 1.29 is 4.42 Å². The minimum atomic E-state index is 0.602. The summed E-state index contributed by atoms with van der Waals surface area (Å²) in [5, 5.41) is 7.39. The van der Waals surface area contributed by atoms with E-state index in [9.17, 15) is 0 Å². The zero-order valence-corrected chi connectivity index (χ0v) is 18.4. The molecular formula is C24H32N4OS. The minimum Gasteiger partial charge on any atom is -0.467 e. The maximum atomic E-state index is 5.46. The molecule has 4 atom stereocenters. The van der Waals surface area contributed by atoms with Gasteiger partial charge in [-0.1, -0.05) is 24.3 Å². The van der Waals surface area contributed by atoms with E-state index in [4.69, 9.17) is 16.6 Å². The lowest BCUT2D eigenvalue weighted by Gasteiger charge is -2.51. The van der Waals surface area contributed by atoms with Crippen molar-refractivity contribution in [2.24, 2.45) is 11.8 Å². The van der Waals surface area contributed by atoms with Gasteiger partial charge in [-0.3, -0.25) is 9.80 Å². The summed E-state index contributed by atoms with van der Waals surface area (Å²) in [5.74, 6) is 2.57. The summed E-state index contributed by atoms with van der Waals surface area (Å²) in [6.45, 7) is 7.63. The molecule has 5 nitrogen and oxygen atoms in total. The largest absolute Gasteiger partial charge is 0.467 e. The average Bonchev–Trinajstić information content (AvgIpc) is 3.31. The molecule has 3 fully saturated rings. The third-order valence-corrected chi connectivity index (χ3v) is 7.51. The Bertz CT molecular complexity index is 855. The number of nitrogens with one attached hydrogen (secondary N) is 2. The van der Waals surface area contributed by atoms with Gasteiger partial charge in [-0.05, 0) is 73.1 Å². The molecule has 2 bridgehead atoms. The van der Waals surface area contributed by atoms with Gasteiger partial charge in [-0.15, -0.1) is 0 Å². The molecule has 4 unspecified atom stereocenters. The normalized spacial score (nSPS) is 28.1. The van der Waals surface area contributed by atoms with Gasteiger partial charge in [-0.2, -0.15) is 0 Å². The molecule has 2 aromatic rings. The highest BCUT2D eigenvalue weighted by atomic mass is 32.1. The SMILES string of the molecule is S=C(NCc1ccco1)NCC1CC2CCN1CC2CN1CCc2ccccc2C1. The van der Waals surface area contributed by atoms with Gasteiger partial charge in [-0.25, -0.2) is 0 Å². The third-order valence-electron chi connectivity index (χ3n) is 7.22. The number of fused-ring (bicyclic) bond motifs is 4. The molecule has 0 saturated carbocycles. The van der Waals surface area contributed by atoms with Gasteiger partial charge >= 0.3 is 0 Å². The van der Waals surface area contributed by atoms with Gasteiger partial charge in [0.15, 0.2) is 5.11 Å². The van der Waals surface area contributed by atoms with E-state index in [0.29, 0.717) is 12.6 Å². The second kappa shape index (κ2) is 9.08. The van der Waals surface area contributed by atoms with E-state index >= 15 is 0 Å². The van der Waals surface area contributed by atoms with Crippen LogP contribution in [0.15, 0.2) is 47.1 Å². The van der Waals surface area contributed by atoms with E-state index in [0.717, 1.165) is 35.8 Å². The van der Waals surface area contributed by atoms with Crippen LogP contribution in [0, 0.1) is 11.8 Å². The molecule has 160 valence electrons. The first-order valence-corrected chi connectivity index (χ1v) is 11.7. The number of hydrogen-bond donors (Lipinski definition) is 2. The molecule has 4 aliphatic rings. The topological polar surface area (TPSA) is 43.7 Å². The molecule has 5 heterocycles. The zero-order chi connectivity index (χ0) is 20.3. The molecule has 0 spiro atoms. The lowest BCUT2D eigenvalue weighted by Crippen LogP contribution is -2.59. The van der Waals surface area contributed by atoms with Crippen molar-refractivity contribution >= 4 is 17.3 Å². The molecular weight excluding hydrogens is 392 g/mol. The van der Waals surface area contributed by atoms with Crippen LogP contribution in [0.4, 0.5) is 0 Å². The number of hydrogen-bond acceptors (Lipinski definition) is 4. The summed E-state index contributed by atoms with van der Waals surface area (Å²) in [6.07, 6.45) is 5.54. The second-order valence-corrected chi connectivity index (χ2v) is 9.50. The van der Waals surface area contributed by atoms with Crippen molar-refractivity contribution in [2.45, 2.75) is 38.4 Å². The standard InChI is InChI=1S/C24H32N4OS/c30-24(26-14-23-6-3-11-29-23)25-13-22-12-19-8-10-28(22)17-21(19)16-27-9-7-18-4-1-2-5-20(18)15-27/h1-6,11,19,21-22H,7-10,12-17H2,(H2,25,26,30). The first kappa shape index (κ1) is 20.0. The van der Waals surface area contributed by atoms with Crippen LogP contribution >= 0.6 is 12.2 Å². The molecule has 1 aromatic heterocycles. The Balaban J connectivity index is 1.08. The molecule has 30 heavy (non-hydrogen) atoms. The van der Waals surface area contributed by atoms with Crippen molar-refractivity contribution in [3.63, 3.8) is 0 Å². The van der Waals surface area contributed by atoms with E-state index in [1.54, 1.807) is 11.8 Å². The van der Waals surface area contributed by atoms with Gasteiger partial charge in [0.25, 0.3) is 0 Å². The summed E-state index contributed by atoms with van der Waals surface area (Å²) in [6, 6.07) is 13.4. The number of rotatable bonds is 6. The Morgan fingerprint density at radius 3 is 2.80 bits per heavy atom. The second-order valence-electron chi connectivity index (χ2n) is 9.09. The average molecular weight is 425 g/mol. The summed E-state index contributed by atoms with van der Waals surface area (Å²) in [4.78, 5) is 5.39. The van der Waals surface area contributed by atoms with E-state index in [2.05, 4.69) is 44.7 Å². The summed E-state index contributed by atoms with van der Waals surface area (Å²) in [7, 11) is 0. The van der Waals surface area contributed by atoms with Crippen LogP contribution < -0.4 is 10.6 Å². The molecule has 6 rings (SSSR count). The number of piperidine rings is 3. The Hall–Kier alpha value is -1.89. The smallest absolute Gasteiger partial charge is 0.166 e. The van der Waals surface area contributed by atoms with Gasteiger partial charge in [0.2, 0.25) is 0 Å². The fourth-order valence-electron chi connectivity index (χ4n) is 5.56. The van der Waals surface area contributed by atoms with Gasteiger partial charge in [0.05, 0.1) is 12.8 Å². The van der Waals surface area contributed by atoms with Crippen LogP contribution in [0.5, 0.6) is 0 Å². The van der Waals surface area contributed by atoms with E-state index in [1.807, 2.05) is 12.1 Å². The Kier molecular flexibility index (Phi) is 6.07. The Morgan fingerprint density at radius 2 is 2.00 bits per heavy atom. The molecule has 4 aliphatic heterocycles. The van der Waals surface area contributed by atoms with Crippen molar-refractivity contribution in [3.8, 4) is 0 Å². The lowest BCUT2D eigenvalue weighted by molar-refractivity contribution is -0.0121. The van der Waals surface area contributed by atoms with Crippen LogP contribution in [0.1, 0.15) is 29.7 Å². The highest BCUT2D eigenvalue weighted by Gasteiger charge is 2.40. The van der Waals surface area contributed by atoms with Gasteiger partial charge < -0.3 is 15.1 Å². The van der Waals surface area contributed by atoms with Gasteiger partial charge in [0.1, 0.15) is 5.76 Å². The van der Waals surface area contributed by atoms with Crippen molar-refractivity contribution in [3.05, 3.63) is 59.5 Å². The predicted molar refractivity (Wildman–Crippen MR) is 123 cm³/mol. The monoisotopic (exact) mass is 424 g/mol. The first-order chi connectivity index (χ1) is 14.7. The third kappa shape index (κ3) is 4.56. The van der Waals surface area contributed by atoms with Gasteiger partial charge in [0, 0.05) is 38.8 Å². The van der Waals surface area contributed by atoms with Crippen molar-refractivity contribution in [1.82, 2.24) is 20.4 Å². The molecule has 0 radical (unpaired) electrons. The Morgan fingerprint density at radius 1 is 1.10 bits per heavy atom. The maximum Gasteiger partial charge on any atom is 0.166 e. The predicted octanol–water partition coefficient (Wildman–Crippen LogP) is 3.01. The van der Waals surface area contributed by atoms with Crippen LogP contribution in [0.25, 0.3) is 0 Å². The quantitative estimate of drug-likeness (QED) is 0.695. The Labute approximate surface area is 184 Å². The number of thiocarbonyl (C=S) groups is 1. The molecule has 2 N–H and O–H groups in total. The first-order valence-electron chi connectivity index (χ1n) is 11.3. The molecule has 1 aromatic carbocycles. The highest BCUT2D eigenvalue weighted by Crippen LogP contribution is 2.37. The minimum absolute atomic E-state index is 0.602. The molecule has 6 heteroatoms. The van der Waals surface area contributed by atoms with E-state index < -0.39 is 0 Å². The van der Waals surface area contributed by atoms with Crippen molar-refractivity contribution in [2.75, 3.05) is 32.7 Å². The fourth-order valence-corrected chi connectivity index (χ4v) is 5.72. The zero-order valence-electron chi connectivity index (χ0n) is 17.6. The number of nitrogens with zero attached hydrogens (tertiary/aromatic N) is 2. The van der Waals surface area contributed by atoms with Crippen molar-refractivity contribution in [1.29, 1.82) is 0 Å². The maximum absolute atomic E-state index is 5.46. The van der Waals surface area contributed by atoms with Crippen LogP contribution in [-0.4, -0.2) is 53.7 Å². The van der Waals surface area contributed by atoms with Crippen LogP contribution in [0.3, 0.4) is 0 Å². The summed E-state index contributed by atoms with van der Waals surface area (Å²) < 4.78 is 5.35. The van der Waals surface area contributed by atoms with Crippen LogP contribution in [0.2, 0.25) is 0 Å². The molecule has 0 amide bonds. The lowest BCUT2D eigenvalue weighted by atomic mass is 9.75. The molecule has 3 saturated heterocycles. The highest BCUT2D eigenvalue weighted by molar-refractivity contribution is 7.80. The fraction of sp³-hybridized carbons (Fsp3) is 0.542. The number of furan rings is 1. The molecule has 0 aliphatic carbocycles.